The van der Waals surface area contributed by atoms with Gasteiger partial charge in [0.05, 0.1) is 11.7 Å². The third kappa shape index (κ3) is 3.37. The van der Waals surface area contributed by atoms with E-state index in [9.17, 15) is 4.79 Å². The van der Waals surface area contributed by atoms with Crippen LogP contribution >= 0.6 is 0 Å². The van der Waals surface area contributed by atoms with Gasteiger partial charge in [-0.25, -0.2) is 0 Å². The number of likely N-dealkylation sites (tertiary alicyclic amines) is 1. The van der Waals surface area contributed by atoms with E-state index in [2.05, 4.69) is 39.6 Å². The summed E-state index contributed by atoms with van der Waals surface area (Å²) in [6, 6.07) is 12.9. The molecule has 5 nitrogen and oxygen atoms in total. The van der Waals surface area contributed by atoms with Gasteiger partial charge in [-0.15, -0.1) is 0 Å². The van der Waals surface area contributed by atoms with Crippen LogP contribution in [-0.2, 0) is 11.8 Å². The van der Waals surface area contributed by atoms with E-state index in [1.165, 1.54) is 5.56 Å². The summed E-state index contributed by atoms with van der Waals surface area (Å²) in [4.78, 5) is 14.7. The third-order valence-electron chi connectivity index (χ3n) is 5.07. The zero-order chi connectivity index (χ0) is 17.2. The normalized spacial score (nSPS) is 23.7. The predicted molar refractivity (Wildman–Crippen MR) is 97.7 cm³/mol. The van der Waals surface area contributed by atoms with E-state index in [1.54, 1.807) is 0 Å². The van der Waals surface area contributed by atoms with Crippen molar-refractivity contribution in [3.63, 3.8) is 0 Å². The van der Waals surface area contributed by atoms with E-state index in [4.69, 9.17) is 0 Å². The van der Waals surface area contributed by atoms with Gasteiger partial charge in [-0.05, 0) is 24.5 Å². The molecule has 2 heterocycles. The Labute approximate surface area is 148 Å². The largest absolute Gasteiger partial charge is 0.329 e. The lowest BCUT2D eigenvalue weighted by Gasteiger charge is -2.28. The first kappa shape index (κ1) is 16.1. The van der Waals surface area contributed by atoms with Crippen LogP contribution < -0.4 is 5.32 Å². The molecule has 0 bridgehead atoms. The highest BCUT2D eigenvalue weighted by Crippen LogP contribution is 2.41. The molecule has 4 rings (SSSR count). The van der Waals surface area contributed by atoms with E-state index >= 15 is 0 Å². The Kier molecular flexibility index (Phi) is 4.40. The Hall–Kier alpha value is -2.40. The number of amides is 1. The summed E-state index contributed by atoms with van der Waals surface area (Å²) in [7, 11) is 1.95. The summed E-state index contributed by atoms with van der Waals surface area (Å²) >= 11 is 0. The monoisotopic (exact) mass is 336 g/mol. The van der Waals surface area contributed by atoms with Gasteiger partial charge in [0.25, 0.3) is 0 Å². The van der Waals surface area contributed by atoms with Crippen LogP contribution in [0.1, 0.15) is 36.6 Å². The van der Waals surface area contributed by atoms with Gasteiger partial charge in [0, 0.05) is 38.3 Å². The summed E-state index contributed by atoms with van der Waals surface area (Å²) in [5.41, 5.74) is 2.30. The van der Waals surface area contributed by atoms with Crippen molar-refractivity contribution in [1.29, 1.82) is 0 Å². The Morgan fingerprint density at radius 3 is 2.72 bits per heavy atom. The first-order valence-corrected chi connectivity index (χ1v) is 8.98. The maximum atomic E-state index is 12.6. The molecule has 1 aliphatic carbocycles. The van der Waals surface area contributed by atoms with Crippen LogP contribution in [0.5, 0.6) is 0 Å². The molecule has 0 unspecified atom stereocenters. The van der Waals surface area contributed by atoms with Crippen LogP contribution in [0, 0.1) is 0 Å². The fourth-order valence-corrected chi connectivity index (χ4v) is 3.72. The van der Waals surface area contributed by atoms with Crippen molar-refractivity contribution in [3.05, 3.63) is 59.9 Å². The summed E-state index contributed by atoms with van der Waals surface area (Å²) in [5.74, 6) is 0.262. The van der Waals surface area contributed by atoms with E-state index in [0.29, 0.717) is 12.5 Å². The van der Waals surface area contributed by atoms with Crippen LogP contribution in [0.2, 0.25) is 0 Å². The van der Waals surface area contributed by atoms with Gasteiger partial charge >= 0.3 is 0 Å². The Balaban J connectivity index is 1.47. The van der Waals surface area contributed by atoms with Crippen molar-refractivity contribution in [2.75, 3.05) is 6.54 Å². The van der Waals surface area contributed by atoms with Gasteiger partial charge in [-0.2, -0.15) is 5.10 Å². The summed E-state index contributed by atoms with van der Waals surface area (Å²) in [6.07, 6.45) is 8.87. The summed E-state index contributed by atoms with van der Waals surface area (Å²) in [6.45, 7) is 0.750. The lowest BCUT2D eigenvalue weighted by Crippen LogP contribution is -2.38. The van der Waals surface area contributed by atoms with Gasteiger partial charge in [0.1, 0.15) is 0 Å². The highest BCUT2D eigenvalue weighted by molar-refractivity contribution is 5.81. The fraction of sp³-hybridized carbons (Fsp3) is 0.400. The topological polar surface area (TPSA) is 50.2 Å². The van der Waals surface area contributed by atoms with Crippen molar-refractivity contribution in [2.24, 2.45) is 7.05 Å². The number of nitrogens with one attached hydrogen (secondary N) is 1. The zero-order valence-electron chi connectivity index (χ0n) is 14.5. The van der Waals surface area contributed by atoms with Crippen molar-refractivity contribution in [1.82, 2.24) is 20.0 Å². The Morgan fingerprint density at radius 2 is 2.04 bits per heavy atom. The number of nitrogens with zero attached hydrogens (tertiary/aromatic N) is 3. The van der Waals surface area contributed by atoms with Gasteiger partial charge in [-0.1, -0.05) is 42.5 Å². The second-order valence-corrected chi connectivity index (χ2v) is 6.89. The van der Waals surface area contributed by atoms with Crippen LogP contribution in [0.3, 0.4) is 0 Å². The van der Waals surface area contributed by atoms with Crippen LogP contribution in [0.25, 0.3) is 6.08 Å². The van der Waals surface area contributed by atoms with Crippen molar-refractivity contribution >= 4 is 12.0 Å². The predicted octanol–water partition coefficient (Wildman–Crippen LogP) is 2.53. The molecule has 1 N–H and O–H groups in total. The Bertz CT molecular complexity index is 763. The van der Waals surface area contributed by atoms with Crippen molar-refractivity contribution in [3.8, 4) is 0 Å². The molecule has 1 aromatic heterocycles. The number of aromatic nitrogens is 2. The van der Waals surface area contributed by atoms with Crippen molar-refractivity contribution in [2.45, 2.75) is 37.4 Å². The minimum atomic E-state index is 0.0811. The fourth-order valence-electron chi connectivity index (χ4n) is 3.72. The molecule has 2 fully saturated rings. The molecule has 25 heavy (non-hydrogen) atoms. The van der Waals surface area contributed by atoms with E-state index in [1.807, 2.05) is 42.2 Å². The van der Waals surface area contributed by atoms with E-state index in [0.717, 1.165) is 25.1 Å². The van der Waals surface area contributed by atoms with Crippen LogP contribution in [0.4, 0.5) is 0 Å². The average Bonchev–Trinajstić information content (AvgIpc) is 3.29. The summed E-state index contributed by atoms with van der Waals surface area (Å²) < 4.78 is 1.90. The molecule has 1 saturated heterocycles. The standard InChI is InChI=1S/C20H24N4O/c1-23-18(11-13-22-23)20-17(14-19(25)24(20)16-9-10-16)21-12-5-8-15-6-3-2-4-7-15/h2-8,11,13,16-17,20-21H,9-10,12,14H2,1H3/b8-5+/t17-,20-/m1/s1. The van der Waals surface area contributed by atoms with E-state index in [-0.39, 0.29) is 18.0 Å². The van der Waals surface area contributed by atoms with Crippen molar-refractivity contribution < 1.29 is 4.79 Å². The molecular weight excluding hydrogens is 312 g/mol. The first-order valence-electron chi connectivity index (χ1n) is 8.98. The molecule has 0 spiro atoms. The maximum Gasteiger partial charge on any atom is 0.225 e. The number of carbonyl (C=O) groups is 1. The second kappa shape index (κ2) is 6.84. The smallest absolute Gasteiger partial charge is 0.225 e. The number of hydrogen-bond donors (Lipinski definition) is 1. The molecule has 1 aliphatic heterocycles. The SMILES string of the molecule is Cn1nccc1[C@H]1[C@H](NC/C=C/c2ccccc2)CC(=O)N1C1CC1. The van der Waals surface area contributed by atoms with E-state index < -0.39 is 0 Å². The van der Waals surface area contributed by atoms with Gasteiger partial charge in [-0.3, -0.25) is 9.48 Å². The molecule has 2 aliphatic rings. The highest BCUT2D eigenvalue weighted by atomic mass is 16.2. The van der Waals surface area contributed by atoms with Gasteiger partial charge in [0.2, 0.25) is 5.91 Å². The molecule has 2 atom stereocenters. The molecule has 5 heteroatoms. The number of carbonyl (C=O) groups excluding carboxylic acids is 1. The molecule has 0 radical (unpaired) electrons. The van der Waals surface area contributed by atoms with Gasteiger partial charge in [0.15, 0.2) is 0 Å². The van der Waals surface area contributed by atoms with Crippen LogP contribution in [-0.4, -0.2) is 39.2 Å². The summed E-state index contributed by atoms with van der Waals surface area (Å²) in [5, 5.41) is 7.88. The molecule has 2 aromatic rings. The minimum Gasteiger partial charge on any atom is -0.329 e. The molecule has 1 saturated carbocycles. The molecular formula is C20H24N4O. The number of hydrogen-bond acceptors (Lipinski definition) is 3. The molecule has 1 amide bonds. The molecule has 1 aromatic carbocycles. The highest BCUT2D eigenvalue weighted by Gasteiger charge is 2.47. The Morgan fingerprint density at radius 1 is 1.24 bits per heavy atom. The second-order valence-electron chi connectivity index (χ2n) is 6.89. The lowest BCUT2D eigenvalue weighted by molar-refractivity contribution is -0.129. The minimum absolute atomic E-state index is 0.0811. The number of benzene rings is 1. The first-order chi connectivity index (χ1) is 12.2. The zero-order valence-corrected chi connectivity index (χ0v) is 14.5. The van der Waals surface area contributed by atoms with Crippen LogP contribution in [0.15, 0.2) is 48.7 Å². The third-order valence-corrected chi connectivity index (χ3v) is 5.07. The number of aryl methyl sites for hydroxylation is 1. The van der Waals surface area contributed by atoms with Gasteiger partial charge < -0.3 is 10.2 Å². The molecule has 130 valence electrons. The number of rotatable bonds is 6. The lowest BCUT2D eigenvalue weighted by atomic mass is 10.1. The maximum absolute atomic E-state index is 12.6. The average molecular weight is 336 g/mol. The quantitative estimate of drug-likeness (QED) is 0.882.